The topological polar surface area (TPSA) is 153 Å². The standard InChI is InChI=1S/C20H24N8O3/c1-28-10-14(17(27-28)18(21)29)25-19(30)15-11-31-20(26-15)13-4-7-23-16(8-13)24-9-12-2-5-22-6-3-12/h4,7-8,10-12,22H,2-3,5-6,9H2,1H3,(H2,21,29)(H,23,24)(H,25,30). The number of carbonyl (C=O) groups is 2. The SMILES string of the molecule is Cn1cc(NC(=O)c2coc(-c3ccnc(NCC4CCNCC4)c3)n2)c(C(N)=O)n1. The number of hydrogen-bond acceptors (Lipinski definition) is 8. The number of piperidine rings is 1. The minimum absolute atomic E-state index is 0.0295. The van der Waals surface area contributed by atoms with Gasteiger partial charge in [-0.05, 0) is 44.0 Å². The van der Waals surface area contributed by atoms with Gasteiger partial charge >= 0.3 is 0 Å². The summed E-state index contributed by atoms with van der Waals surface area (Å²) in [7, 11) is 1.62. The summed E-state index contributed by atoms with van der Waals surface area (Å²) in [5.41, 5.74) is 6.23. The summed E-state index contributed by atoms with van der Waals surface area (Å²) in [4.78, 5) is 32.6. The maximum Gasteiger partial charge on any atom is 0.277 e. The molecule has 162 valence electrons. The number of nitrogens with two attached hydrogens (primary N) is 1. The van der Waals surface area contributed by atoms with Gasteiger partial charge in [0.05, 0.1) is 5.69 Å². The molecule has 0 spiro atoms. The van der Waals surface area contributed by atoms with Crippen LogP contribution in [0.1, 0.15) is 33.8 Å². The molecule has 1 aliphatic heterocycles. The number of nitrogens with zero attached hydrogens (tertiary/aromatic N) is 4. The Morgan fingerprint density at radius 2 is 2.16 bits per heavy atom. The molecule has 0 saturated carbocycles. The molecule has 31 heavy (non-hydrogen) atoms. The number of amides is 2. The van der Waals surface area contributed by atoms with Gasteiger partial charge in [-0.3, -0.25) is 14.3 Å². The van der Waals surface area contributed by atoms with E-state index in [0.717, 1.165) is 38.3 Å². The molecule has 5 N–H and O–H groups in total. The normalized spacial score (nSPS) is 14.4. The minimum atomic E-state index is -0.738. The molecule has 11 heteroatoms. The van der Waals surface area contributed by atoms with Crippen LogP contribution in [-0.4, -0.2) is 51.2 Å². The highest BCUT2D eigenvalue weighted by Crippen LogP contribution is 2.22. The van der Waals surface area contributed by atoms with E-state index in [1.807, 2.05) is 6.07 Å². The molecule has 0 radical (unpaired) electrons. The molecule has 2 amide bonds. The number of pyridine rings is 1. The summed E-state index contributed by atoms with van der Waals surface area (Å²) in [5.74, 6) is 0.351. The monoisotopic (exact) mass is 424 g/mol. The summed E-state index contributed by atoms with van der Waals surface area (Å²) in [6, 6.07) is 3.59. The Morgan fingerprint density at radius 3 is 2.94 bits per heavy atom. The molecule has 1 saturated heterocycles. The van der Waals surface area contributed by atoms with Gasteiger partial charge in [0.15, 0.2) is 11.4 Å². The molecule has 0 aromatic carbocycles. The fraction of sp³-hybridized carbons (Fsp3) is 0.350. The Morgan fingerprint density at radius 1 is 1.35 bits per heavy atom. The van der Waals surface area contributed by atoms with Crippen LogP contribution in [0.25, 0.3) is 11.5 Å². The van der Waals surface area contributed by atoms with Gasteiger partial charge in [0.25, 0.3) is 11.8 Å². The predicted molar refractivity (Wildman–Crippen MR) is 113 cm³/mol. The van der Waals surface area contributed by atoms with Crippen molar-refractivity contribution in [2.75, 3.05) is 30.3 Å². The van der Waals surface area contributed by atoms with E-state index >= 15 is 0 Å². The lowest BCUT2D eigenvalue weighted by Gasteiger charge is -2.22. The molecule has 4 rings (SSSR count). The highest BCUT2D eigenvalue weighted by atomic mass is 16.3. The predicted octanol–water partition coefficient (Wildman–Crippen LogP) is 1.23. The average Bonchev–Trinajstić information content (AvgIpc) is 3.40. The van der Waals surface area contributed by atoms with Crippen LogP contribution in [0.5, 0.6) is 0 Å². The quantitative estimate of drug-likeness (QED) is 0.442. The molecule has 3 aromatic rings. The van der Waals surface area contributed by atoms with E-state index in [9.17, 15) is 9.59 Å². The second kappa shape index (κ2) is 8.96. The third kappa shape index (κ3) is 4.89. The van der Waals surface area contributed by atoms with Crippen LogP contribution in [0.15, 0.2) is 35.2 Å². The van der Waals surface area contributed by atoms with Crippen LogP contribution in [0.3, 0.4) is 0 Å². The van der Waals surface area contributed by atoms with E-state index in [2.05, 4.69) is 31.0 Å². The Hall–Kier alpha value is -3.73. The van der Waals surface area contributed by atoms with Crippen molar-refractivity contribution in [2.24, 2.45) is 18.7 Å². The summed E-state index contributed by atoms with van der Waals surface area (Å²) < 4.78 is 6.88. The first-order chi connectivity index (χ1) is 15.0. The van der Waals surface area contributed by atoms with E-state index in [1.165, 1.54) is 17.1 Å². The number of nitrogens with one attached hydrogen (secondary N) is 3. The average molecular weight is 424 g/mol. The number of rotatable bonds is 7. The Kier molecular flexibility index (Phi) is 5.94. The Labute approximate surface area is 178 Å². The number of aromatic nitrogens is 4. The molecule has 11 nitrogen and oxygen atoms in total. The van der Waals surface area contributed by atoms with Gasteiger partial charge in [0, 0.05) is 31.5 Å². The third-order valence-corrected chi connectivity index (χ3v) is 5.08. The van der Waals surface area contributed by atoms with Crippen LogP contribution >= 0.6 is 0 Å². The summed E-state index contributed by atoms with van der Waals surface area (Å²) >= 11 is 0. The number of carbonyl (C=O) groups excluding carboxylic acids is 2. The summed E-state index contributed by atoms with van der Waals surface area (Å²) in [6.07, 6.45) is 6.69. The van der Waals surface area contributed by atoms with Gasteiger partial charge in [0.1, 0.15) is 12.1 Å². The molecular weight excluding hydrogens is 400 g/mol. The van der Waals surface area contributed by atoms with Crippen LogP contribution in [0, 0.1) is 5.92 Å². The van der Waals surface area contributed by atoms with E-state index in [1.54, 1.807) is 19.3 Å². The molecule has 1 aliphatic rings. The number of hydrogen-bond donors (Lipinski definition) is 4. The minimum Gasteiger partial charge on any atom is -0.444 e. The molecule has 3 aromatic heterocycles. The molecule has 4 heterocycles. The van der Waals surface area contributed by atoms with E-state index in [0.29, 0.717) is 17.4 Å². The maximum atomic E-state index is 12.5. The number of oxazole rings is 1. The van der Waals surface area contributed by atoms with Crippen molar-refractivity contribution in [3.8, 4) is 11.5 Å². The fourth-order valence-electron chi connectivity index (χ4n) is 3.45. The maximum absolute atomic E-state index is 12.5. The summed E-state index contributed by atoms with van der Waals surface area (Å²) in [6.45, 7) is 2.94. The van der Waals surface area contributed by atoms with Crippen molar-refractivity contribution in [3.63, 3.8) is 0 Å². The van der Waals surface area contributed by atoms with Crippen molar-refractivity contribution >= 4 is 23.3 Å². The third-order valence-electron chi connectivity index (χ3n) is 5.08. The first kappa shape index (κ1) is 20.5. The smallest absolute Gasteiger partial charge is 0.277 e. The van der Waals surface area contributed by atoms with E-state index in [-0.39, 0.29) is 17.1 Å². The van der Waals surface area contributed by atoms with Crippen LogP contribution in [0.4, 0.5) is 11.5 Å². The van der Waals surface area contributed by atoms with Gasteiger partial charge in [-0.25, -0.2) is 9.97 Å². The zero-order chi connectivity index (χ0) is 21.8. The van der Waals surface area contributed by atoms with Crippen molar-refractivity contribution in [1.82, 2.24) is 25.1 Å². The molecular formula is C20H24N8O3. The highest BCUT2D eigenvalue weighted by Gasteiger charge is 2.19. The van der Waals surface area contributed by atoms with Gasteiger partial charge in [-0.15, -0.1) is 0 Å². The zero-order valence-corrected chi connectivity index (χ0v) is 17.1. The zero-order valence-electron chi connectivity index (χ0n) is 17.1. The Bertz CT molecular complexity index is 1080. The van der Waals surface area contributed by atoms with Crippen molar-refractivity contribution in [1.29, 1.82) is 0 Å². The van der Waals surface area contributed by atoms with Gasteiger partial charge in [0.2, 0.25) is 5.89 Å². The second-order valence-corrected chi connectivity index (χ2v) is 7.43. The lowest BCUT2D eigenvalue weighted by molar-refractivity contribution is 0.0995. The van der Waals surface area contributed by atoms with E-state index < -0.39 is 11.8 Å². The highest BCUT2D eigenvalue weighted by molar-refractivity contribution is 6.07. The van der Waals surface area contributed by atoms with Gasteiger partial charge in [-0.1, -0.05) is 0 Å². The number of primary amides is 1. The number of aryl methyl sites for hydroxylation is 1. The van der Waals surface area contributed by atoms with Crippen molar-refractivity contribution in [3.05, 3.63) is 42.2 Å². The lowest BCUT2D eigenvalue weighted by atomic mass is 9.98. The van der Waals surface area contributed by atoms with Gasteiger partial charge < -0.3 is 26.1 Å². The van der Waals surface area contributed by atoms with Crippen molar-refractivity contribution in [2.45, 2.75) is 12.8 Å². The molecule has 1 fully saturated rings. The fourth-order valence-corrected chi connectivity index (χ4v) is 3.45. The van der Waals surface area contributed by atoms with Crippen LogP contribution in [-0.2, 0) is 7.05 Å². The van der Waals surface area contributed by atoms with Crippen molar-refractivity contribution < 1.29 is 14.0 Å². The van der Waals surface area contributed by atoms with Crippen LogP contribution in [0.2, 0.25) is 0 Å². The molecule has 0 aliphatic carbocycles. The summed E-state index contributed by atoms with van der Waals surface area (Å²) in [5, 5.41) is 13.2. The van der Waals surface area contributed by atoms with Crippen LogP contribution < -0.4 is 21.7 Å². The first-order valence-corrected chi connectivity index (χ1v) is 10.0. The van der Waals surface area contributed by atoms with Gasteiger partial charge in [-0.2, -0.15) is 5.10 Å². The number of anilines is 2. The second-order valence-electron chi connectivity index (χ2n) is 7.43. The lowest BCUT2D eigenvalue weighted by Crippen LogP contribution is -2.31. The molecule has 0 atom stereocenters. The molecule has 0 unspecified atom stereocenters. The van der Waals surface area contributed by atoms with E-state index in [4.69, 9.17) is 10.2 Å². The molecule has 0 bridgehead atoms. The largest absolute Gasteiger partial charge is 0.444 e. The Balaban J connectivity index is 1.43. The first-order valence-electron chi connectivity index (χ1n) is 10.0.